The molecule has 0 radical (unpaired) electrons. The maximum absolute atomic E-state index is 11.9. The smallest absolute Gasteiger partial charge is 0.283 e. The van der Waals surface area contributed by atoms with Crippen molar-refractivity contribution in [3.8, 4) is 0 Å². The molecule has 1 aliphatic rings. The molecule has 1 aliphatic carbocycles. The molecule has 1 saturated carbocycles. The third kappa shape index (κ3) is 3.53. The van der Waals surface area contributed by atoms with Crippen molar-refractivity contribution >= 4 is 28.8 Å². The Bertz CT molecular complexity index is 453. The first-order valence-electron chi connectivity index (χ1n) is 6.33. The Hall–Kier alpha value is -1.42. The summed E-state index contributed by atoms with van der Waals surface area (Å²) < 4.78 is 0. The Labute approximate surface area is 113 Å². The molecule has 4 heteroatoms. The fraction of sp³-hybridized carbons (Fsp3) is 0.429. The molecule has 3 nitrogen and oxygen atoms in total. The molecule has 2 rings (SSSR count). The average molecular weight is 262 g/mol. The van der Waals surface area contributed by atoms with Crippen LogP contribution in [0.4, 0.5) is 5.69 Å². The first kappa shape index (κ1) is 13.0. The Morgan fingerprint density at radius 1 is 1.33 bits per heavy atom. The van der Waals surface area contributed by atoms with Crippen LogP contribution >= 0.6 is 12.2 Å². The predicted octanol–water partition coefficient (Wildman–Crippen LogP) is 2.79. The number of anilines is 1. The predicted molar refractivity (Wildman–Crippen MR) is 77.8 cm³/mol. The molecule has 0 unspecified atom stereocenters. The van der Waals surface area contributed by atoms with Gasteiger partial charge in [0.1, 0.15) is 0 Å². The minimum atomic E-state index is -0.220. The second-order valence-electron chi connectivity index (χ2n) is 4.78. The van der Waals surface area contributed by atoms with Gasteiger partial charge in [-0.3, -0.25) is 4.79 Å². The van der Waals surface area contributed by atoms with E-state index in [0.717, 1.165) is 24.1 Å². The quantitative estimate of drug-likeness (QED) is 0.805. The summed E-state index contributed by atoms with van der Waals surface area (Å²) in [6, 6.07) is 8.07. The molecular formula is C14H18N2OS. The maximum Gasteiger partial charge on any atom is 0.283 e. The van der Waals surface area contributed by atoms with Crippen LogP contribution in [0.2, 0.25) is 0 Å². The number of amides is 1. The van der Waals surface area contributed by atoms with Crippen molar-refractivity contribution in [3.05, 3.63) is 29.8 Å². The van der Waals surface area contributed by atoms with E-state index in [-0.39, 0.29) is 5.91 Å². The Balaban J connectivity index is 1.88. The summed E-state index contributed by atoms with van der Waals surface area (Å²) in [7, 11) is 0. The van der Waals surface area contributed by atoms with Crippen molar-refractivity contribution in [2.45, 2.75) is 38.6 Å². The molecule has 0 saturated heterocycles. The van der Waals surface area contributed by atoms with Crippen molar-refractivity contribution in [1.82, 2.24) is 5.32 Å². The number of hydrogen-bond donors (Lipinski definition) is 2. The molecule has 0 aromatic heterocycles. The van der Waals surface area contributed by atoms with Gasteiger partial charge < -0.3 is 10.6 Å². The summed E-state index contributed by atoms with van der Waals surface area (Å²) in [4.78, 5) is 12.2. The van der Waals surface area contributed by atoms with Crippen molar-refractivity contribution in [3.63, 3.8) is 0 Å². The minimum absolute atomic E-state index is 0.220. The van der Waals surface area contributed by atoms with Crippen molar-refractivity contribution < 1.29 is 4.79 Å². The zero-order valence-electron chi connectivity index (χ0n) is 10.5. The van der Waals surface area contributed by atoms with E-state index in [4.69, 9.17) is 12.2 Å². The highest BCUT2D eigenvalue weighted by molar-refractivity contribution is 7.82. The molecule has 1 aromatic rings. The monoisotopic (exact) mass is 262 g/mol. The number of benzene rings is 1. The standard InChI is InChI=1S/C14H18N2OS/c1-10-5-4-8-12(9-10)15-13(17)14(18)16-11-6-2-3-7-11/h4-5,8-9,11H,2-3,6-7H2,1H3,(H,15,17)(H,16,18). The van der Waals surface area contributed by atoms with Gasteiger partial charge >= 0.3 is 0 Å². The summed E-state index contributed by atoms with van der Waals surface area (Å²) in [5.74, 6) is -0.220. The lowest BCUT2D eigenvalue weighted by atomic mass is 10.2. The maximum atomic E-state index is 11.9. The van der Waals surface area contributed by atoms with Crippen molar-refractivity contribution in [1.29, 1.82) is 0 Å². The van der Waals surface area contributed by atoms with Gasteiger partial charge in [-0.1, -0.05) is 37.2 Å². The number of hydrogen-bond acceptors (Lipinski definition) is 2. The van der Waals surface area contributed by atoms with E-state index in [9.17, 15) is 4.79 Å². The molecule has 18 heavy (non-hydrogen) atoms. The molecule has 0 atom stereocenters. The molecule has 2 N–H and O–H groups in total. The lowest BCUT2D eigenvalue weighted by Gasteiger charge is -2.14. The Morgan fingerprint density at radius 2 is 2.06 bits per heavy atom. The molecule has 96 valence electrons. The van der Waals surface area contributed by atoms with E-state index < -0.39 is 0 Å². The molecular weight excluding hydrogens is 244 g/mol. The zero-order valence-corrected chi connectivity index (χ0v) is 11.3. The van der Waals surface area contributed by atoms with Crippen LogP contribution in [0, 0.1) is 6.92 Å². The van der Waals surface area contributed by atoms with E-state index in [1.807, 2.05) is 31.2 Å². The zero-order chi connectivity index (χ0) is 13.0. The van der Waals surface area contributed by atoms with Crippen LogP contribution in [0.25, 0.3) is 0 Å². The van der Waals surface area contributed by atoms with Gasteiger partial charge in [-0.05, 0) is 37.5 Å². The highest BCUT2D eigenvalue weighted by atomic mass is 32.1. The van der Waals surface area contributed by atoms with Crippen LogP contribution in [0.5, 0.6) is 0 Å². The molecule has 0 spiro atoms. The topological polar surface area (TPSA) is 41.1 Å². The number of thiocarbonyl (C=S) groups is 1. The summed E-state index contributed by atoms with van der Waals surface area (Å²) in [5.41, 5.74) is 1.90. The van der Waals surface area contributed by atoms with Crippen molar-refractivity contribution in [2.75, 3.05) is 5.32 Å². The van der Waals surface area contributed by atoms with Crippen LogP contribution in [-0.2, 0) is 4.79 Å². The Kier molecular flexibility index (Phi) is 4.31. The lowest BCUT2D eigenvalue weighted by Crippen LogP contribution is -2.39. The number of carbonyl (C=O) groups excluding carboxylic acids is 1. The van der Waals surface area contributed by atoms with E-state index in [2.05, 4.69) is 10.6 Å². The molecule has 1 fully saturated rings. The van der Waals surface area contributed by atoms with E-state index in [0.29, 0.717) is 11.0 Å². The molecule has 0 aliphatic heterocycles. The molecule has 1 aromatic carbocycles. The Morgan fingerprint density at radius 3 is 2.72 bits per heavy atom. The SMILES string of the molecule is Cc1cccc(NC(=O)C(=S)NC2CCCC2)c1. The van der Waals surface area contributed by atoms with Gasteiger partial charge in [0.05, 0.1) is 0 Å². The molecule has 0 heterocycles. The highest BCUT2D eigenvalue weighted by Gasteiger charge is 2.18. The first-order valence-corrected chi connectivity index (χ1v) is 6.74. The van der Waals surface area contributed by atoms with E-state index in [1.54, 1.807) is 0 Å². The van der Waals surface area contributed by atoms with Gasteiger partial charge in [-0.2, -0.15) is 0 Å². The van der Waals surface area contributed by atoms with Crippen LogP contribution in [-0.4, -0.2) is 16.9 Å². The van der Waals surface area contributed by atoms with Gasteiger partial charge in [-0.25, -0.2) is 0 Å². The molecule has 1 amide bonds. The second kappa shape index (κ2) is 5.96. The number of carbonyl (C=O) groups is 1. The largest absolute Gasteiger partial charge is 0.369 e. The van der Waals surface area contributed by atoms with Gasteiger partial charge in [0.25, 0.3) is 5.91 Å². The first-order chi connectivity index (χ1) is 8.65. The molecule has 0 bridgehead atoms. The number of nitrogens with one attached hydrogen (secondary N) is 2. The third-order valence-corrected chi connectivity index (χ3v) is 3.48. The fourth-order valence-electron chi connectivity index (χ4n) is 2.23. The van der Waals surface area contributed by atoms with Crippen molar-refractivity contribution in [2.24, 2.45) is 0 Å². The van der Waals surface area contributed by atoms with Crippen LogP contribution in [0.1, 0.15) is 31.2 Å². The van der Waals surface area contributed by atoms with Gasteiger partial charge in [0.2, 0.25) is 0 Å². The number of aryl methyl sites for hydroxylation is 1. The summed E-state index contributed by atoms with van der Waals surface area (Å²) in [5, 5.41) is 5.95. The lowest BCUT2D eigenvalue weighted by molar-refractivity contribution is -0.110. The highest BCUT2D eigenvalue weighted by Crippen LogP contribution is 2.17. The van der Waals surface area contributed by atoms with E-state index >= 15 is 0 Å². The minimum Gasteiger partial charge on any atom is -0.369 e. The summed E-state index contributed by atoms with van der Waals surface area (Å²) in [6.07, 6.45) is 4.66. The normalized spacial score (nSPS) is 15.4. The summed E-state index contributed by atoms with van der Waals surface area (Å²) in [6.45, 7) is 1.99. The fourth-order valence-corrected chi connectivity index (χ4v) is 2.45. The van der Waals surface area contributed by atoms with Crippen LogP contribution in [0.15, 0.2) is 24.3 Å². The average Bonchev–Trinajstić information content (AvgIpc) is 2.81. The summed E-state index contributed by atoms with van der Waals surface area (Å²) >= 11 is 5.12. The van der Waals surface area contributed by atoms with Gasteiger partial charge in [0.15, 0.2) is 4.99 Å². The number of rotatable bonds is 2. The van der Waals surface area contributed by atoms with Gasteiger partial charge in [0, 0.05) is 11.7 Å². The third-order valence-electron chi connectivity index (χ3n) is 3.17. The van der Waals surface area contributed by atoms with Crippen LogP contribution in [0.3, 0.4) is 0 Å². The van der Waals surface area contributed by atoms with E-state index in [1.165, 1.54) is 12.8 Å². The second-order valence-corrected chi connectivity index (χ2v) is 5.19. The van der Waals surface area contributed by atoms with Crippen LogP contribution < -0.4 is 10.6 Å². The van der Waals surface area contributed by atoms with Gasteiger partial charge in [-0.15, -0.1) is 0 Å².